The Bertz CT molecular complexity index is 241. The lowest BCUT2D eigenvalue weighted by atomic mass is 9.93. The van der Waals surface area contributed by atoms with Crippen molar-refractivity contribution in [2.45, 2.75) is 39.2 Å². The molecule has 0 saturated carbocycles. The second kappa shape index (κ2) is 5.87. The minimum atomic E-state index is 0. The summed E-state index contributed by atoms with van der Waals surface area (Å²) in [6.45, 7) is 7.30. The van der Waals surface area contributed by atoms with E-state index in [9.17, 15) is 4.79 Å². The first kappa shape index (κ1) is 13.8. The molecular formula is C12H23ClN2O. The Labute approximate surface area is 104 Å². The van der Waals surface area contributed by atoms with E-state index in [0.29, 0.717) is 17.9 Å². The van der Waals surface area contributed by atoms with Crippen molar-refractivity contribution < 1.29 is 4.79 Å². The maximum atomic E-state index is 12.2. The van der Waals surface area contributed by atoms with Gasteiger partial charge in [0.2, 0.25) is 5.91 Å². The van der Waals surface area contributed by atoms with Crippen molar-refractivity contribution in [1.29, 1.82) is 0 Å². The average molecular weight is 247 g/mol. The normalized spacial score (nSPS) is 34.6. The summed E-state index contributed by atoms with van der Waals surface area (Å²) in [7, 11) is 0. The molecule has 0 aromatic heterocycles. The zero-order valence-corrected chi connectivity index (χ0v) is 11.1. The van der Waals surface area contributed by atoms with Gasteiger partial charge in [0, 0.05) is 19.1 Å². The molecule has 3 nitrogen and oxygen atoms in total. The smallest absolute Gasteiger partial charge is 0.227 e. The highest BCUT2D eigenvalue weighted by Crippen LogP contribution is 2.24. The van der Waals surface area contributed by atoms with Gasteiger partial charge in [-0.05, 0) is 38.6 Å². The number of amides is 1. The topological polar surface area (TPSA) is 32.3 Å². The van der Waals surface area contributed by atoms with E-state index in [4.69, 9.17) is 0 Å². The quantitative estimate of drug-likeness (QED) is 0.763. The van der Waals surface area contributed by atoms with Gasteiger partial charge in [0.1, 0.15) is 0 Å². The molecule has 1 N–H and O–H groups in total. The van der Waals surface area contributed by atoms with Gasteiger partial charge in [-0.3, -0.25) is 4.79 Å². The molecule has 1 amide bonds. The predicted molar refractivity (Wildman–Crippen MR) is 67.8 cm³/mol. The molecule has 2 heterocycles. The fourth-order valence-electron chi connectivity index (χ4n) is 2.70. The zero-order valence-electron chi connectivity index (χ0n) is 10.2. The van der Waals surface area contributed by atoms with Crippen LogP contribution in [0.5, 0.6) is 0 Å². The molecule has 16 heavy (non-hydrogen) atoms. The van der Waals surface area contributed by atoms with Crippen LogP contribution in [0.15, 0.2) is 0 Å². The lowest BCUT2D eigenvalue weighted by Crippen LogP contribution is -2.47. The first-order valence-corrected chi connectivity index (χ1v) is 6.19. The Morgan fingerprint density at radius 2 is 2.00 bits per heavy atom. The molecule has 2 saturated heterocycles. The third-order valence-electron chi connectivity index (χ3n) is 3.81. The van der Waals surface area contributed by atoms with Crippen molar-refractivity contribution in [2.75, 3.05) is 19.6 Å². The zero-order chi connectivity index (χ0) is 10.8. The van der Waals surface area contributed by atoms with Gasteiger partial charge < -0.3 is 10.2 Å². The Hall–Kier alpha value is -0.280. The van der Waals surface area contributed by atoms with E-state index >= 15 is 0 Å². The third-order valence-corrected chi connectivity index (χ3v) is 3.81. The number of halogens is 1. The van der Waals surface area contributed by atoms with Crippen LogP contribution in [0.4, 0.5) is 0 Å². The van der Waals surface area contributed by atoms with Crippen LogP contribution in [0, 0.1) is 11.8 Å². The Morgan fingerprint density at radius 1 is 1.25 bits per heavy atom. The Kier molecular flexibility index (Phi) is 5.06. The van der Waals surface area contributed by atoms with Crippen molar-refractivity contribution in [1.82, 2.24) is 10.2 Å². The van der Waals surface area contributed by atoms with Crippen molar-refractivity contribution in [3.8, 4) is 0 Å². The third kappa shape index (κ3) is 2.89. The number of nitrogens with one attached hydrogen (secondary N) is 1. The van der Waals surface area contributed by atoms with Crippen LogP contribution in [-0.2, 0) is 4.79 Å². The highest BCUT2D eigenvalue weighted by atomic mass is 35.5. The molecule has 0 aromatic carbocycles. The van der Waals surface area contributed by atoms with E-state index in [2.05, 4.69) is 24.1 Å². The molecule has 3 atom stereocenters. The summed E-state index contributed by atoms with van der Waals surface area (Å²) in [5.41, 5.74) is 0. The second-order valence-electron chi connectivity index (χ2n) is 5.21. The van der Waals surface area contributed by atoms with E-state index in [1.165, 1.54) is 12.8 Å². The first-order chi connectivity index (χ1) is 7.18. The fourth-order valence-corrected chi connectivity index (χ4v) is 2.70. The summed E-state index contributed by atoms with van der Waals surface area (Å²) >= 11 is 0. The summed E-state index contributed by atoms with van der Waals surface area (Å²) in [5.74, 6) is 1.32. The number of rotatable bonds is 1. The van der Waals surface area contributed by atoms with E-state index in [1.54, 1.807) is 0 Å². The first-order valence-electron chi connectivity index (χ1n) is 6.19. The van der Waals surface area contributed by atoms with Crippen LogP contribution in [0.3, 0.4) is 0 Å². The van der Waals surface area contributed by atoms with E-state index in [-0.39, 0.29) is 18.3 Å². The SMILES string of the molecule is CC1CCC(C)N(C(=O)[C@H]2CCNC2)C1.Cl. The molecule has 0 bridgehead atoms. The van der Waals surface area contributed by atoms with Gasteiger partial charge in [-0.15, -0.1) is 12.4 Å². The molecule has 2 rings (SSSR count). The van der Waals surface area contributed by atoms with Gasteiger partial charge in [0.15, 0.2) is 0 Å². The molecule has 94 valence electrons. The van der Waals surface area contributed by atoms with Gasteiger partial charge in [-0.1, -0.05) is 6.92 Å². The predicted octanol–water partition coefficient (Wildman–Crippen LogP) is 1.66. The number of likely N-dealkylation sites (tertiary alicyclic amines) is 1. The molecule has 2 aliphatic heterocycles. The van der Waals surface area contributed by atoms with Gasteiger partial charge in [-0.2, -0.15) is 0 Å². The van der Waals surface area contributed by atoms with Crippen molar-refractivity contribution in [2.24, 2.45) is 11.8 Å². The maximum Gasteiger partial charge on any atom is 0.227 e. The number of hydrogen-bond donors (Lipinski definition) is 1. The van der Waals surface area contributed by atoms with Crippen molar-refractivity contribution >= 4 is 18.3 Å². The number of nitrogens with zero attached hydrogens (tertiary/aromatic N) is 1. The summed E-state index contributed by atoms with van der Waals surface area (Å²) in [5, 5.41) is 3.27. The van der Waals surface area contributed by atoms with E-state index in [0.717, 1.165) is 26.1 Å². The molecule has 0 aromatic rings. The number of piperidine rings is 1. The van der Waals surface area contributed by atoms with Gasteiger partial charge in [-0.25, -0.2) is 0 Å². The van der Waals surface area contributed by atoms with Crippen LogP contribution in [0.2, 0.25) is 0 Å². The highest BCUT2D eigenvalue weighted by molar-refractivity contribution is 5.85. The molecule has 2 fully saturated rings. The van der Waals surface area contributed by atoms with Gasteiger partial charge >= 0.3 is 0 Å². The van der Waals surface area contributed by atoms with Crippen LogP contribution in [-0.4, -0.2) is 36.5 Å². The number of hydrogen-bond acceptors (Lipinski definition) is 2. The van der Waals surface area contributed by atoms with Crippen LogP contribution in [0.1, 0.15) is 33.1 Å². The summed E-state index contributed by atoms with van der Waals surface area (Å²) in [6.07, 6.45) is 3.47. The average Bonchev–Trinajstić information content (AvgIpc) is 2.74. The molecule has 4 heteroatoms. The van der Waals surface area contributed by atoms with Crippen LogP contribution < -0.4 is 5.32 Å². The molecule has 2 unspecified atom stereocenters. The molecule has 0 aliphatic carbocycles. The monoisotopic (exact) mass is 246 g/mol. The van der Waals surface area contributed by atoms with Crippen molar-refractivity contribution in [3.05, 3.63) is 0 Å². The molecular weight excluding hydrogens is 224 g/mol. The van der Waals surface area contributed by atoms with Crippen molar-refractivity contribution in [3.63, 3.8) is 0 Å². The lowest BCUT2D eigenvalue weighted by molar-refractivity contribution is -0.139. The Morgan fingerprint density at radius 3 is 2.62 bits per heavy atom. The fraction of sp³-hybridized carbons (Fsp3) is 0.917. The maximum absolute atomic E-state index is 12.2. The minimum absolute atomic E-state index is 0. The van der Waals surface area contributed by atoms with Gasteiger partial charge in [0.25, 0.3) is 0 Å². The standard InChI is InChI=1S/C12H22N2O.ClH/c1-9-3-4-10(2)14(8-9)12(15)11-5-6-13-7-11;/h9-11,13H,3-8H2,1-2H3;1H/t9?,10?,11-;/m0./s1. The van der Waals surface area contributed by atoms with Crippen LogP contribution >= 0.6 is 12.4 Å². The molecule has 0 spiro atoms. The Balaban J connectivity index is 0.00000128. The summed E-state index contributed by atoms with van der Waals surface area (Å²) < 4.78 is 0. The van der Waals surface area contributed by atoms with Gasteiger partial charge in [0.05, 0.1) is 5.92 Å². The largest absolute Gasteiger partial charge is 0.339 e. The molecule has 0 radical (unpaired) electrons. The minimum Gasteiger partial charge on any atom is -0.339 e. The van der Waals surface area contributed by atoms with E-state index < -0.39 is 0 Å². The second-order valence-corrected chi connectivity index (χ2v) is 5.21. The number of carbonyl (C=O) groups is 1. The molecule has 2 aliphatic rings. The highest BCUT2D eigenvalue weighted by Gasteiger charge is 2.32. The van der Waals surface area contributed by atoms with Crippen LogP contribution in [0.25, 0.3) is 0 Å². The summed E-state index contributed by atoms with van der Waals surface area (Å²) in [4.78, 5) is 14.4. The van der Waals surface area contributed by atoms with E-state index in [1.807, 2.05) is 0 Å². The number of carbonyl (C=O) groups excluding carboxylic acids is 1. The summed E-state index contributed by atoms with van der Waals surface area (Å²) in [6, 6.07) is 0.453. The lowest BCUT2D eigenvalue weighted by Gasteiger charge is -2.38.